The molecule has 2 atom stereocenters. The molecule has 4 aromatic rings. The Hall–Kier alpha value is -3.77. The molecule has 1 saturated carbocycles. The number of nitrogens with two attached hydrogens (primary N) is 1. The lowest BCUT2D eigenvalue weighted by molar-refractivity contribution is -0.151. The molecule has 1 unspecified atom stereocenters. The first-order valence-corrected chi connectivity index (χ1v) is 13.0. The Labute approximate surface area is 223 Å². The zero-order chi connectivity index (χ0) is 27.5. The topological polar surface area (TPSA) is 110 Å². The first-order chi connectivity index (χ1) is 18.5. The van der Waals surface area contributed by atoms with Gasteiger partial charge in [0.05, 0.1) is 22.5 Å². The van der Waals surface area contributed by atoms with Gasteiger partial charge in [0.2, 0.25) is 0 Å². The molecule has 3 heterocycles. The van der Waals surface area contributed by atoms with Crippen LogP contribution in [0.25, 0.3) is 21.5 Å². The number of rotatable bonds is 6. The van der Waals surface area contributed by atoms with Crippen LogP contribution in [0.5, 0.6) is 5.75 Å². The molecule has 202 valence electrons. The minimum absolute atomic E-state index is 0.00573. The van der Waals surface area contributed by atoms with Gasteiger partial charge in [0, 0.05) is 16.7 Å². The van der Waals surface area contributed by atoms with Gasteiger partial charge in [0.25, 0.3) is 5.91 Å². The van der Waals surface area contributed by atoms with Gasteiger partial charge in [0.15, 0.2) is 5.13 Å². The van der Waals surface area contributed by atoms with E-state index in [1.807, 2.05) is 0 Å². The summed E-state index contributed by atoms with van der Waals surface area (Å²) in [6.45, 7) is -0.896. The van der Waals surface area contributed by atoms with E-state index in [4.69, 9.17) is 10.5 Å². The van der Waals surface area contributed by atoms with Gasteiger partial charge in [-0.05, 0) is 67.3 Å². The number of pyridine rings is 1. The summed E-state index contributed by atoms with van der Waals surface area (Å²) in [4.78, 5) is 21.7. The van der Waals surface area contributed by atoms with Crippen LogP contribution < -0.4 is 15.8 Å². The van der Waals surface area contributed by atoms with E-state index >= 15 is 0 Å². The number of carbonyl (C=O) groups is 1. The molecule has 0 bridgehead atoms. The third kappa shape index (κ3) is 4.67. The molecule has 1 aliphatic heterocycles. The molecule has 1 aliphatic carbocycles. The fraction of sp³-hybridized carbons (Fsp3) is 0.296. The molecule has 1 amide bonds. The second kappa shape index (κ2) is 9.16. The van der Waals surface area contributed by atoms with E-state index in [2.05, 4.69) is 15.3 Å². The van der Waals surface area contributed by atoms with Crippen LogP contribution >= 0.6 is 11.3 Å². The van der Waals surface area contributed by atoms with Gasteiger partial charge in [0.1, 0.15) is 35.4 Å². The molecule has 0 radical (unpaired) electrons. The smallest absolute Gasteiger partial charge is 0.399 e. The molecular formula is C27H22F4N4O3S. The number of fused-ring (bicyclic) bond motifs is 2. The molecule has 2 aliphatic rings. The number of aliphatic hydroxyl groups is 1. The summed E-state index contributed by atoms with van der Waals surface area (Å²) in [6, 6.07) is 11.3. The molecule has 6 rings (SSSR count). The summed E-state index contributed by atoms with van der Waals surface area (Å²) >= 11 is 1.23. The average molecular weight is 559 g/mol. The molecule has 2 aromatic carbocycles. The maximum Gasteiger partial charge on any atom is 0.399 e. The van der Waals surface area contributed by atoms with Crippen molar-refractivity contribution in [2.24, 2.45) is 5.92 Å². The Morgan fingerprint density at radius 1 is 1.13 bits per heavy atom. The molecule has 0 spiro atoms. The highest BCUT2D eigenvalue weighted by Gasteiger charge is 2.51. The summed E-state index contributed by atoms with van der Waals surface area (Å²) in [5.74, 6) is -3.27. The van der Waals surface area contributed by atoms with Crippen LogP contribution in [0.4, 0.5) is 22.7 Å². The molecule has 4 N–H and O–H groups in total. The van der Waals surface area contributed by atoms with Crippen molar-refractivity contribution in [2.45, 2.75) is 30.5 Å². The monoisotopic (exact) mass is 558 g/mol. The first-order valence-electron chi connectivity index (χ1n) is 12.2. The minimum Gasteiger partial charge on any atom is -0.490 e. The SMILES string of the molecule is Nc1nc2ccc(C(=O)NCC(O)(c3cc4c(c(-c5ccc(F)cc5)n3)OC[C@H]4C(F)(F)F)C3CC3)cc2s1. The number of aromatic nitrogens is 2. The maximum atomic E-state index is 13.9. The maximum absolute atomic E-state index is 13.9. The summed E-state index contributed by atoms with van der Waals surface area (Å²) < 4.78 is 61.5. The normalized spacial score (nSPS) is 18.4. The van der Waals surface area contributed by atoms with Crippen LogP contribution in [0.1, 0.15) is 40.4 Å². The highest BCUT2D eigenvalue weighted by molar-refractivity contribution is 7.22. The van der Waals surface area contributed by atoms with Crippen molar-refractivity contribution in [3.8, 4) is 17.0 Å². The van der Waals surface area contributed by atoms with Crippen molar-refractivity contribution in [2.75, 3.05) is 18.9 Å². The lowest BCUT2D eigenvalue weighted by Gasteiger charge is -2.29. The highest BCUT2D eigenvalue weighted by atomic mass is 32.1. The fourth-order valence-corrected chi connectivity index (χ4v) is 5.70. The van der Waals surface area contributed by atoms with Crippen LogP contribution in [-0.2, 0) is 5.60 Å². The highest BCUT2D eigenvalue weighted by Crippen LogP contribution is 2.51. The number of ether oxygens (including phenoxy) is 1. The van der Waals surface area contributed by atoms with Crippen LogP contribution in [0.3, 0.4) is 0 Å². The number of nitrogen functional groups attached to an aromatic ring is 1. The Bertz CT molecular complexity index is 1590. The molecule has 1 fully saturated rings. The molecular weight excluding hydrogens is 536 g/mol. The Kier molecular flexibility index (Phi) is 5.99. The third-order valence-electron chi connectivity index (χ3n) is 7.17. The quantitative estimate of drug-likeness (QED) is 0.283. The number of benzene rings is 2. The number of thiazole rings is 1. The minimum atomic E-state index is -4.59. The molecule has 39 heavy (non-hydrogen) atoms. The number of carbonyl (C=O) groups excluding carboxylic acids is 1. The van der Waals surface area contributed by atoms with E-state index in [0.717, 1.165) is 4.70 Å². The van der Waals surface area contributed by atoms with Gasteiger partial charge in [-0.15, -0.1) is 0 Å². The number of hydrogen-bond donors (Lipinski definition) is 3. The predicted molar refractivity (Wildman–Crippen MR) is 137 cm³/mol. The van der Waals surface area contributed by atoms with Crippen LogP contribution in [-0.4, -0.2) is 40.3 Å². The van der Waals surface area contributed by atoms with E-state index in [9.17, 15) is 27.5 Å². The lowest BCUT2D eigenvalue weighted by atomic mass is 9.88. The zero-order valence-electron chi connectivity index (χ0n) is 20.3. The largest absolute Gasteiger partial charge is 0.490 e. The molecule has 12 heteroatoms. The summed E-state index contributed by atoms with van der Waals surface area (Å²) in [5, 5.41) is 14.9. The van der Waals surface area contributed by atoms with Gasteiger partial charge in [-0.3, -0.25) is 4.79 Å². The Balaban J connectivity index is 1.37. The van der Waals surface area contributed by atoms with E-state index in [0.29, 0.717) is 34.6 Å². The van der Waals surface area contributed by atoms with Gasteiger partial charge in [-0.2, -0.15) is 13.2 Å². The van der Waals surface area contributed by atoms with Crippen molar-refractivity contribution in [1.29, 1.82) is 0 Å². The summed E-state index contributed by atoms with van der Waals surface area (Å²) in [7, 11) is 0. The van der Waals surface area contributed by atoms with Crippen molar-refractivity contribution < 1.29 is 32.2 Å². The van der Waals surface area contributed by atoms with Gasteiger partial charge in [-0.1, -0.05) is 11.3 Å². The van der Waals surface area contributed by atoms with Gasteiger partial charge >= 0.3 is 6.18 Å². The van der Waals surface area contributed by atoms with Crippen molar-refractivity contribution in [3.63, 3.8) is 0 Å². The lowest BCUT2D eigenvalue weighted by Crippen LogP contribution is -2.43. The number of hydrogen-bond acceptors (Lipinski definition) is 7. The number of amides is 1. The van der Waals surface area contributed by atoms with E-state index < -0.39 is 36.0 Å². The van der Waals surface area contributed by atoms with E-state index in [1.165, 1.54) is 41.7 Å². The molecule has 7 nitrogen and oxygen atoms in total. The van der Waals surface area contributed by atoms with E-state index in [-0.39, 0.29) is 35.2 Å². The summed E-state index contributed by atoms with van der Waals surface area (Å²) in [5.41, 5.74) is 5.25. The second-order valence-corrected chi connectivity index (χ2v) is 10.9. The molecule has 0 saturated heterocycles. The fourth-order valence-electron chi connectivity index (χ4n) is 4.92. The average Bonchev–Trinajstić information content (AvgIpc) is 3.55. The number of alkyl halides is 3. The van der Waals surface area contributed by atoms with Crippen LogP contribution in [0.15, 0.2) is 48.5 Å². The van der Waals surface area contributed by atoms with Crippen LogP contribution in [0, 0.1) is 11.7 Å². The molecule has 2 aromatic heterocycles. The predicted octanol–water partition coefficient (Wildman–Crippen LogP) is 5.15. The Morgan fingerprint density at radius 3 is 2.56 bits per heavy atom. The zero-order valence-corrected chi connectivity index (χ0v) is 21.1. The van der Waals surface area contributed by atoms with Crippen molar-refractivity contribution >= 4 is 32.6 Å². The first kappa shape index (κ1) is 25.5. The summed E-state index contributed by atoms with van der Waals surface area (Å²) in [6.07, 6.45) is -3.36. The number of nitrogens with zero attached hydrogens (tertiary/aromatic N) is 2. The second-order valence-electron chi connectivity index (χ2n) is 9.80. The third-order valence-corrected chi connectivity index (χ3v) is 8.01. The standard InChI is InChI=1S/C27H22F4N4O3S/c28-16-6-1-13(2-7-16)22-23-17(18(11-38-23)27(29,30)31)10-21(35-22)26(37,15-4-5-15)12-33-24(36)14-3-8-19-20(9-14)39-25(32)34-19/h1-3,6-10,15,18,37H,4-5,11-12H2,(H2,32,34)(H,33,36)/t18-,26?/m1/s1. The van der Waals surface area contributed by atoms with Crippen molar-refractivity contribution in [1.82, 2.24) is 15.3 Å². The number of nitrogens with one attached hydrogen (secondary N) is 1. The van der Waals surface area contributed by atoms with Gasteiger partial charge < -0.3 is 20.9 Å². The van der Waals surface area contributed by atoms with Gasteiger partial charge in [-0.25, -0.2) is 14.4 Å². The van der Waals surface area contributed by atoms with Crippen molar-refractivity contribution in [3.05, 3.63) is 71.2 Å². The van der Waals surface area contributed by atoms with E-state index in [1.54, 1.807) is 18.2 Å². The Morgan fingerprint density at radius 2 is 1.87 bits per heavy atom. The number of halogens is 4. The van der Waals surface area contributed by atoms with Crippen LogP contribution in [0.2, 0.25) is 0 Å². The number of anilines is 1.